The van der Waals surface area contributed by atoms with Crippen molar-refractivity contribution in [2.24, 2.45) is 0 Å². The van der Waals surface area contributed by atoms with Crippen molar-refractivity contribution in [1.29, 1.82) is 0 Å². The maximum atomic E-state index is 13.7. The molecule has 0 spiro atoms. The number of ether oxygens (including phenoxy) is 1. The number of anilines is 1. The van der Waals surface area contributed by atoms with Crippen molar-refractivity contribution in [3.05, 3.63) is 65.2 Å². The number of nitrogens with one attached hydrogen (secondary N) is 1. The summed E-state index contributed by atoms with van der Waals surface area (Å²) >= 11 is 0. The van der Waals surface area contributed by atoms with Crippen LogP contribution < -0.4 is 10.2 Å². The average Bonchev–Trinajstić information content (AvgIpc) is 2.59. The molecule has 0 aliphatic heterocycles. The van der Waals surface area contributed by atoms with Gasteiger partial charge in [-0.25, -0.2) is 13.6 Å². The number of carbonyl (C=O) groups excluding carboxylic acids is 2. The molecule has 5 nitrogen and oxygen atoms in total. The van der Waals surface area contributed by atoms with Crippen molar-refractivity contribution in [2.75, 3.05) is 25.6 Å². The van der Waals surface area contributed by atoms with Gasteiger partial charge in [0.15, 0.2) is 6.61 Å². The Hall–Kier alpha value is -2.96. The normalized spacial score (nSPS) is 11.6. The lowest BCUT2D eigenvalue weighted by Gasteiger charge is -2.15. The van der Waals surface area contributed by atoms with Gasteiger partial charge in [-0.05, 0) is 37.3 Å². The van der Waals surface area contributed by atoms with Crippen molar-refractivity contribution in [2.45, 2.75) is 13.0 Å². The Morgan fingerprint density at radius 3 is 2.35 bits per heavy atom. The van der Waals surface area contributed by atoms with Gasteiger partial charge < -0.3 is 15.0 Å². The lowest BCUT2D eigenvalue weighted by Crippen LogP contribution is -2.31. The highest BCUT2D eigenvalue weighted by Gasteiger charge is 2.16. The van der Waals surface area contributed by atoms with E-state index in [0.29, 0.717) is 5.56 Å². The van der Waals surface area contributed by atoms with Gasteiger partial charge in [-0.15, -0.1) is 0 Å². The topological polar surface area (TPSA) is 58.6 Å². The second-order valence-corrected chi connectivity index (χ2v) is 5.97. The standard InChI is InChI=1S/C19H20F2N2O3/c1-12(16-9-6-14(20)10-17(16)21)22-18(24)11-26-19(25)13-4-7-15(8-5-13)23(2)3/h4-10,12H,11H2,1-3H3,(H,22,24)/t12-/m0/s1. The highest BCUT2D eigenvalue weighted by molar-refractivity contribution is 5.91. The number of rotatable bonds is 6. The zero-order chi connectivity index (χ0) is 19.3. The molecule has 0 saturated carbocycles. The molecular weight excluding hydrogens is 342 g/mol. The molecule has 0 bridgehead atoms. The minimum Gasteiger partial charge on any atom is -0.452 e. The van der Waals surface area contributed by atoms with Gasteiger partial charge in [-0.3, -0.25) is 4.79 Å². The predicted octanol–water partition coefficient (Wildman–Crippen LogP) is 3.07. The summed E-state index contributed by atoms with van der Waals surface area (Å²) in [5.74, 6) is -2.67. The monoisotopic (exact) mass is 362 g/mol. The molecule has 7 heteroatoms. The molecule has 0 unspecified atom stereocenters. The molecule has 138 valence electrons. The molecule has 1 atom stereocenters. The van der Waals surface area contributed by atoms with Gasteiger partial charge in [-0.1, -0.05) is 6.07 Å². The number of amides is 1. The molecule has 1 amide bonds. The van der Waals surface area contributed by atoms with E-state index in [4.69, 9.17) is 4.74 Å². The predicted molar refractivity (Wildman–Crippen MR) is 94.0 cm³/mol. The number of hydrogen-bond donors (Lipinski definition) is 1. The van der Waals surface area contributed by atoms with Gasteiger partial charge >= 0.3 is 5.97 Å². The number of hydrogen-bond acceptors (Lipinski definition) is 4. The number of esters is 1. The summed E-state index contributed by atoms with van der Waals surface area (Å²) in [6.07, 6.45) is 0. The van der Waals surface area contributed by atoms with Crippen molar-refractivity contribution in [3.63, 3.8) is 0 Å². The number of nitrogens with zero attached hydrogens (tertiary/aromatic N) is 1. The van der Waals surface area contributed by atoms with E-state index in [1.165, 1.54) is 6.07 Å². The van der Waals surface area contributed by atoms with Gasteiger partial charge in [0.25, 0.3) is 5.91 Å². The molecule has 0 aliphatic rings. The Morgan fingerprint density at radius 2 is 1.77 bits per heavy atom. The smallest absolute Gasteiger partial charge is 0.338 e. The van der Waals surface area contributed by atoms with Crippen LogP contribution in [0.5, 0.6) is 0 Å². The largest absolute Gasteiger partial charge is 0.452 e. The molecule has 0 heterocycles. The first-order valence-corrected chi connectivity index (χ1v) is 7.96. The highest BCUT2D eigenvalue weighted by Crippen LogP contribution is 2.17. The van der Waals surface area contributed by atoms with Crippen LogP contribution in [0.1, 0.15) is 28.9 Å². The van der Waals surface area contributed by atoms with Gasteiger partial charge in [0, 0.05) is 31.4 Å². The van der Waals surface area contributed by atoms with Crippen LogP contribution in [0.2, 0.25) is 0 Å². The second-order valence-electron chi connectivity index (χ2n) is 5.97. The highest BCUT2D eigenvalue weighted by atomic mass is 19.1. The summed E-state index contributed by atoms with van der Waals surface area (Å²) in [5.41, 5.74) is 1.39. The van der Waals surface area contributed by atoms with Crippen LogP contribution >= 0.6 is 0 Å². The maximum absolute atomic E-state index is 13.7. The molecule has 26 heavy (non-hydrogen) atoms. The SMILES string of the molecule is C[C@H](NC(=O)COC(=O)c1ccc(N(C)C)cc1)c1ccc(F)cc1F. The van der Waals surface area contributed by atoms with Gasteiger partial charge in [-0.2, -0.15) is 0 Å². The van der Waals surface area contributed by atoms with Crippen LogP contribution in [0.15, 0.2) is 42.5 Å². The number of benzene rings is 2. The Balaban J connectivity index is 1.88. The number of halogens is 2. The lowest BCUT2D eigenvalue weighted by atomic mass is 10.1. The van der Waals surface area contributed by atoms with Crippen molar-refractivity contribution < 1.29 is 23.1 Å². The fourth-order valence-corrected chi connectivity index (χ4v) is 2.32. The summed E-state index contributed by atoms with van der Waals surface area (Å²) in [7, 11) is 3.76. The van der Waals surface area contributed by atoms with Crippen LogP contribution in [0.25, 0.3) is 0 Å². The number of carbonyl (C=O) groups is 2. The Bertz CT molecular complexity index is 792. The molecule has 0 aliphatic carbocycles. The third kappa shape index (κ3) is 5.02. The second kappa shape index (κ2) is 8.42. The van der Waals surface area contributed by atoms with E-state index < -0.39 is 36.2 Å². The Morgan fingerprint density at radius 1 is 1.12 bits per heavy atom. The molecule has 0 saturated heterocycles. The van der Waals surface area contributed by atoms with E-state index in [0.717, 1.165) is 17.8 Å². The van der Waals surface area contributed by atoms with E-state index in [-0.39, 0.29) is 5.56 Å². The molecule has 2 aromatic carbocycles. The van der Waals surface area contributed by atoms with Crippen LogP contribution in [0.3, 0.4) is 0 Å². The van der Waals surface area contributed by atoms with Crippen LogP contribution in [-0.4, -0.2) is 32.6 Å². The average molecular weight is 362 g/mol. The third-order valence-corrected chi connectivity index (χ3v) is 3.76. The minimum atomic E-state index is -0.754. The lowest BCUT2D eigenvalue weighted by molar-refractivity contribution is -0.124. The van der Waals surface area contributed by atoms with Crippen LogP contribution in [0.4, 0.5) is 14.5 Å². The summed E-state index contributed by atoms with van der Waals surface area (Å²) in [6, 6.07) is 9.15. The molecule has 2 rings (SSSR count). The maximum Gasteiger partial charge on any atom is 0.338 e. The van der Waals surface area contributed by atoms with Gasteiger partial charge in [0.2, 0.25) is 0 Å². The summed E-state index contributed by atoms with van der Waals surface area (Å²) in [6.45, 7) is 1.05. The zero-order valence-corrected chi connectivity index (χ0v) is 14.8. The van der Waals surface area contributed by atoms with Crippen molar-refractivity contribution in [1.82, 2.24) is 5.32 Å². The molecule has 2 aromatic rings. The summed E-state index contributed by atoms with van der Waals surface area (Å²) in [4.78, 5) is 25.7. The molecule has 0 fully saturated rings. The van der Waals surface area contributed by atoms with E-state index in [1.54, 1.807) is 31.2 Å². The van der Waals surface area contributed by atoms with Crippen molar-refractivity contribution >= 4 is 17.6 Å². The van der Waals surface area contributed by atoms with E-state index in [2.05, 4.69) is 5.32 Å². The van der Waals surface area contributed by atoms with E-state index in [1.807, 2.05) is 19.0 Å². The van der Waals surface area contributed by atoms with Crippen LogP contribution in [-0.2, 0) is 9.53 Å². The zero-order valence-electron chi connectivity index (χ0n) is 14.8. The first-order valence-electron chi connectivity index (χ1n) is 7.96. The molecule has 0 aromatic heterocycles. The summed E-state index contributed by atoms with van der Waals surface area (Å²) < 4.78 is 31.6. The van der Waals surface area contributed by atoms with Gasteiger partial charge in [0.05, 0.1) is 11.6 Å². The van der Waals surface area contributed by atoms with Crippen LogP contribution in [0, 0.1) is 11.6 Å². The molecule has 1 N–H and O–H groups in total. The third-order valence-electron chi connectivity index (χ3n) is 3.76. The van der Waals surface area contributed by atoms with E-state index in [9.17, 15) is 18.4 Å². The fourth-order valence-electron chi connectivity index (χ4n) is 2.32. The Kier molecular flexibility index (Phi) is 6.27. The van der Waals surface area contributed by atoms with Crippen molar-refractivity contribution in [3.8, 4) is 0 Å². The Labute approximate surface area is 150 Å². The minimum absolute atomic E-state index is 0.144. The van der Waals surface area contributed by atoms with E-state index >= 15 is 0 Å². The molecule has 0 radical (unpaired) electrons. The summed E-state index contributed by atoms with van der Waals surface area (Å²) in [5, 5.41) is 2.50. The molecular formula is C19H20F2N2O3. The first-order chi connectivity index (χ1) is 12.3. The fraction of sp³-hybridized carbons (Fsp3) is 0.263. The first kappa shape index (κ1) is 19.4. The van der Waals surface area contributed by atoms with Gasteiger partial charge in [0.1, 0.15) is 11.6 Å². The quantitative estimate of drug-likeness (QED) is 0.803.